The molecule has 0 bridgehead atoms. The van der Waals surface area contributed by atoms with Crippen LogP contribution in [0.5, 0.6) is 0 Å². The largest absolute Gasteiger partial charge is 0.391 e. The van der Waals surface area contributed by atoms with Gasteiger partial charge in [-0.05, 0) is 18.8 Å². The molecule has 0 aromatic rings. The number of carbonyl (C=O) groups is 1. The molecule has 2 atom stereocenters. The minimum Gasteiger partial charge on any atom is -0.391 e. The fraction of sp³-hybridized carbons (Fsp3) is 0.833. The molecule has 0 aromatic carbocycles. The molecule has 0 spiro atoms. The zero-order valence-electron chi connectivity index (χ0n) is 5.66. The minimum atomic E-state index is -0.882. The highest BCUT2D eigenvalue weighted by Crippen LogP contribution is 2.33. The lowest BCUT2D eigenvalue weighted by Gasteiger charge is -2.13. The Morgan fingerprint density at radius 3 is 2.40 bits per heavy atom. The SMILES string of the molecule is NC(=O)C(N)C(O)C1CC1. The lowest BCUT2D eigenvalue weighted by Crippen LogP contribution is -2.46. The first-order valence-corrected chi connectivity index (χ1v) is 3.36. The van der Waals surface area contributed by atoms with E-state index in [2.05, 4.69) is 0 Å². The van der Waals surface area contributed by atoms with Crippen LogP contribution in [0.25, 0.3) is 0 Å². The number of carbonyl (C=O) groups excluding carboxylic acids is 1. The number of aliphatic hydroxyl groups excluding tert-OH is 1. The van der Waals surface area contributed by atoms with E-state index in [1.807, 2.05) is 0 Å². The summed E-state index contributed by atoms with van der Waals surface area (Å²) >= 11 is 0. The van der Waals surface area contributed by atoms with Crippen LogP contribution in [-0.4, -0.2) is 23.2 Å². The number of nitrogens with two attached hydrogens (primary N) is 2. The number of hydrogen-bond acceptors (Lipinski definition) is 3. The van der Waals surface area contributed by atoms with Crippen molar-refractivity contribution in [1.82, 2.24) is 0 Å². The van der Waals surface area contributed by atoms with Gasteiger partial charge in [0.2, 0.25) is 5.91 Å². The maximum Gasteiger partial charge on any atom is 0.237 e. The van der Waals surface area contributed by atoms with Gasteiger partial charge in [-0.25, -0.2) is 0 Å². The molecular weight excluding hydrogens is 132 g/mol. The third-order valence-corrected chi connectivity index (χ3v) is 1.80. The van der Waals surface area contributed by atoms with Crippen molar-refractivity contribution in [2.24, 2.45) is 17.4 Å². The van der Waals surface area contributed by atoms with E-state index in [-0.39, 0.29) is 5.92 Å². The van der Waals surface area contributed by atoms with E-state index in [9.17, 15) is 9.90 Å². The summed E-state index contributed by atoms with van der Waals surface area (Å²) < 4.78 is 0. The lowest BCUT2D eigenvalue weighted by atomic mass is 10.1. The van der Waals surface area contributed by atoms with Crippen LogP contribution in [0.3, 0.4) is 0 Å². The number of rotatable bonds is 3. The van der Waals surface area contributed by atoms with Crippen molar-refractivity contribution in [1.29, 1.82) is 0 Å². The number of amides is 1. The van der Waals surface area contributed by atoms with Gasteiger partial charge in [0.1, 0.15) is 6.04 Å². The lowest BCUT2D eigenvalue weighted by molar-refractivity contribution is -0.121. The first-order valence-electron chi connectivity index (χ1n) is 3.36. The molecule has 0 radical (unpaired) electrons. The smallest absolute Gasteiger partial charge is 0.237 e. The second-order valence-electron chi connectivity index (χ2n) is 2.76. The molecule has 0 heterocycles. The second kappa shape index (κ2) is 2.56. The maximum atomic E-state index is 10.4. The average molecular weight is 144 g/mol. The zero-order valence-corrected chi connectivity index (χ0v) is 5.66. The summed E-state index contributed by atoms with van der Waals surface area (Å²) in [4.78, 5) is 10.4. The summed E-state index contributed by atoms with van der Waals surface area (Å²) in [5.41, 5.74) is 10.2. The number of hydrogen-bond donors (Lipinski definition) is 3. The van der Waals surface area contributed by atoms with Crippen LogP contribution in [0, 0.1) is 5.92 Å². The van der Waals surface area contributed by atoms with Crippen molar-refractivity contribution < 1.29 is 9.90 Å². The minimum absolute atomic E-state index is 0.211. The average Bonchev–Trinajstić information content (AvgIpc) is 2.65. The molecule has 4 heteroatoms. The highest BCUT2D eigenvalue weighted by molar-refractivity contribution is 5.80. The van der Waals surface area contributed by atoms with Crippen LogP contribution in [-0.2, 0) is 4.79 Å². The Kier molecular flexibility index (Phi) is 1.92. The van der Waals surface area contributed by atoms with Crippen LogP contribution >= 0.6 is 0 Å². The topological polar surface area (TPSA) is 89.3 Å². The highest BCUT2D eigenvalue weighted by Gasteiger charge is 2.35. The number of aliphatic hydroxyl groups is 1. The second-order valence-corrected chi connectivity index (χ2v) is 2.76. The van der Waals surface area contributed by atoms with Crippen LogP contribution in [0.4, 0.5) is 0 Å². The van der Waals surface area contributed by atoms with Gasteiger partial charge in [0.05, 0.1) is 6.10 Å². The van der Waals surface area contributed by atoms with Gasteiger partial charge in [0.25, 0.3) is 0 Å². The highest BCUT2D eigenvalue weighted by atomic mass is 16.3. The summed E-state index contributed by atoms with van der Waals surface area (Å²) in [6.45, 7) is 0. The fourth-order valence-corrected chi connectivity index (χ4v) is 0.899. The summed E-state index contributed by atoms with van der Waals surface area (Å²) in [6, 6.07) is -0.882. The molecule has 0 aromatic heterocycles. The standard InChI is InChI=1S/C6H12N2O2/c7-4(6(8)10)5(9)3-1-2-3/h3-5,9H,1-2,7H2,(H2,8,10). The molecule has 1 amide bonds. The molecule has 1 saturated carbocycles. The Bertz CT molecular complexity index is 145. The molecule has 5 N–H and O–H groups in total. The third kappa shape index (κ3) is 1.46. The van der Waals surface area contributed by atoms with Crippen LogP contribution in [0.2, 0.25) is 0 Å². The van der Waals surface area contributed by atoms with Gasteiger partial charge in [0.15, 0.2) is 0 Å². The summed E-state index contributed by atoms with van der Waals surface area (Å²) in [5.74, 6) is -0.415. The first kappa shape index (κ1) is 7.50. The van der Waals surface area contributed by atoms with Crippen molar-refractivity contribution in [3.05, 3.63) is 0 Å². The molecule has 1 aliphatic carbocycles. The van der Waals surface area contributed by atoms with Crippen molar-refractivity contribution in [3.63, 3.8) is 0 Å². The van der Waals surface area contributed by atoms with Crippen molar-refractivity contribution in [2.45, 2.75) is 25.0 Å². The Labute approximate surface area is 59.2 Å². The van der Waals surface area contributed by atoms with Gasteiger partial charge in [-0.2, -0.15) is 0 Å². The molecule has 0 saturated heterocycles. The van der Waals surface area contributed by atoms with E-state index in [4.69, 9.17) is 11.5 Å². The van der Waals surface area contributed by atoms with Gasteiger partial charge < -0.3 is 16.6 Å². The Morgan fingerprint density at radius 1 is 1.60 bits per heavy atom. The third-order valence-electron chi connectivity index (χ3n) is 1.80. The molecule has 1 aliphatic rings. The van der Waals surface area contributed by atoms with Crippen molar-refractivity contribution >= 4 is 5.91 Å². The summed E-state index contributed by atoms with van der Waals surface area (Å²) in [5, 5.41) is 9.20. The van der Waals surface area contributed by atoms with Gasteiger partial charge in [0, 0.05) is 0 Å². The Morgan fingerprint density at radius 2 is 2.10 bits per heavy atom. The molecule has 4 nitrogen and oxygen atoms in total. The summed E-state index contributed by atoms with van der Waals surface area (Å²) in [6.07, 6.45) is 1.20. The summed E-state index contributed by atoms with van der Waals surface area (Å²) in [7, 11) is 0. The predicted molar refractivity (Wildman–Crippen MR) is 35.9 cm³/mol. The molecule has 58 valence electrons. The van der Waals surface area contributed by atoms with Crippen molar-refractivity contribution in [2.75, 3.05) is 0 Å². The first-order chi connectivity index (χ1) is 4.63. The van der Waals surface area contributed by atoms with E-state index in [0.717, 1.165) is 12.8 Å². The van der Waals surface area contributed by atoms with Gasteiger partial charge in [-0.15, -0.1) is 0 Å². The van der Waals surface area contributed by atoms with E-state index >= 15 is 0 Å². The van der Waals surface area contributed by atoms with Crippen LogP contribution in [0.15, 0.2) is 0 Å². The zero-order chi connectivity index (χ0) is 7.72. The molecule has 10 heavy (non-hydrogen) atoms. The molecule has 1 rings (SSSR count). The monoisotopic (exact) mass is 144 g/mol. The van der Waals surface area contributed by atoms with E-state index < -0.39 is 18.1 Å². The Hall–Kier alpha value is -0.610. The fourth-order valence-electron chi connectivity index (χ4n) is 0.899. The normalized spacial score (nSPS) is 23.8. The maximum absolute atomic E-state index is 10.4. The quantitative estimate of drug-likeness (QED) is 0.453. The molecule has 2 unspecified atom stereocenters. The molecule has 1 fully saturated rings. The van der Waals surface area contributed by atoms with Crippen molar-refractivity contribution in [3.8, 4) is 0 Å². The Balaban J connectivity index is 2.38. The van der Waals surface area contributed by atoms with Gasteiger partial charge in [-0.1, -0.05) is 0 Å². The molecule has 0 aliphatic heterocycles. The predicted octanol–water partition coefficient (Wildman–Crippen LogP) is -1.43. The van der Waals surface area contributed by atoms with Gasteiger partial charge in [-0.3, -0.25) is 4.79 Å². The van der Waals surface area contributed by atoms with Crippen LogP contribution < -0.4 is 11.5 Å². The van der Waals surface area contributed by atoms with E-state index in [1.54, 1.807) is 0 Å². The van der Waals surface area contributed by atoms with Crippen LogP contribution in [0.1, 0.15) is 12.8 Å². The van der Waals surface area contributed by atoms with E-state index in [1.165, 1.54) is 0 Å². The molecular formula is C6H12N2O2. The van der Waals surface area contributed by atoms with E-state index in [0.29, 0.717) is 0 Å². The van der Waals surface area contributed by atoms with Gasteiger partial charge >= 0.3 is 0 Å². The number of primary amides is 1.